The second-order valence-electron chi connectivity index (χ2n) is 8.46. The molecule has 0 radical (unpaired) electrons. The first-order valence-electron chi connectivity index (χ1n) is 10.8. The second kappa shape index (κ2) is 8.97. The molecule has 174 valence electrons. The third kappa shape index (κ3) is 4.50. The first-order chi connectivity index (χ1) is 15.7. The molecule has 4 rings (SSSR count). The molecular formula is C23H25ClFN5O3. The highest BCUT2D eigenvalue weighted by Gasteiger charge is 2.49. The van der Waals surface area contributed by atoms with Crippen molar-refractivity contribution in [2.24, 2.45) is 0 Å². The fourth-order valence-electron chi connectivity index (χ4n) is 4.44. The van der Waals surface area contributed by atoms with Gasteiger partial charge in [0.2, 0.25) is 5.91 Å². The Balaban J connectivity index is 1.44. The normalized spacial score (nSPS) is 22.8. The van der Waals surface area contributed by atoms with E-state index in [9.17, 15) is 18.8 Å². The van der Waals surface area contributed by atoms with Gasteiger partial charge in [-0.15, -0.1) is 0 Å². The van der Waals surface area contributed by atoms with Gasteiger partial charge < -0.3 is 15.1 Å². The summed E-state index contributed by atoms with van der Waals surface area (Å²) < 4.78 is 13.9. The van der Waals surface area contributed by atoms with Gasteiger partial charge in [0.15, 0.2) is 5.54 Å². The monoisotopic (exact) mass is 473 g/mol. The largest absolute Gasteiger partial charge is 0.365 e. The molecule has 1 aromatic heterocycles. The highest BCUT2D eigenvalue weighted by atomic mass is 35.5. The number of amides is 4. The number of piperazine rings is 1. The van der Waals surface area contributed by atoms with Crippen LogP contribution < -0.4 is 15.5 Å². The van der Waals surface area contributed by atoms with Crippen LogP contribution in [0.1, 0.15) is 31.2 Å². The first kappa shape index (κ1) is 23.0. The Labute approximate surface area is 196 Å². The summed E-state index contributed by atoms with van der Waals surface area (Å²) in [5, 5.41) is 5.02. The van der Waals surface area contributed by atoms with Crippen LogP contribution >= 0.6 is 11.6 Å². The van der Waals surface area contributed by atoms with E-state index >= 15 is 0 Å². The lowest BCUT2D eigenvalue weighted by molar-refractivity contribution is -0.133. The minimum atomic E-state index is -1.38. The third-order valence-corrected chi connectivity index (χ3v) is 6.50. The summed E-state index contributed by atoms with van der Waals surface area (Å²) in [4.78, 5) is 45.9. The highest BCUT2D eigenvalue weighted by Crippen LogP contribution is 2.30. The Morgan fingerprint density at radius 2 is 2.06 bits per heavy atom. The second-order valence-corrected chi connectivity index (χ2v) is 8.87. The molecule has 33 heavy (non-hydrogen) atoms. The Bertz CT molecular complexity index is 1110. The summed E-state index contributed by atoms with van der Waals surface area (Å²) in [6, 6.07) is 9.28. The van der Waals surface area contributed by atoms with E-state index in [4.69, 9.17) is 11.6 Å². The van der Waals surface area contributed by atoms with Crippen LogP contribution in [-0.2, 0) is 15.1 Å². The number of nitrogens with zero attached hydrogens (tertiary/aromatic N) is 3. The van der Waals surface area contributed by atoms with E-state index < -0.39 is 23.3 Å². The molecule has 10 heteroatoms. The van der Waals surface area contributed by atoms with Crippen molar-refractivity contribution >= 4 is 35.1 Å². The number of hydrogen-bond donors (Lipinski definition) is 2. The van der Waals surface area contributed by atoms with Crippen molar-refractivity contribution in [1.29, 1.82) is 0 Å². The van der Waals surface area contributed by atoms with Crippen LogP contribution in [0.3, 0.4) is 0 Å². The molecule has 2 saturated heterocycles. The van der Waals surface area contributed by atoms with Crippen molar-refractivity contribution < 1.29 is 18.8 Å². The molecule has 2 aliphatic rings. The standard InChI is InChI=1S/C23H25ClFN5O3/c1-14-4-3-5-19(26-14)23(21(32)27-22(33)28-23)9-8-20(31)29-10-11-30(15(2)13-29)16-6-7-17(24)18(25)12-16/h3-7,12,15H,8-11,13H2,1-2H3,(H2,27,28,32,33)/t15-,23?/m0/s1. The van der Waals surface area contributed by atoms with Crippen molar-refractivity contribution in [1.82, 2.24) is 20.5 Å². The van der Waals surface area contributed by atoms with Crippen molar-refractivity contribution in [3.63, 3.8) is 0 Å². The molecule has 3 heterocycles. The predicted molar refractivity (Wildman–Crippen MR) is 121 cm³/mol. The number of benzene rings is 1. The van der Waals surface area contributed by atoms with Crippen LogP contribution in [0.4, 0.5) is 14.9 Å². The smallest absolute Gasteiger partial charge is 0.322 e. The van der Waals surface area contributed by atoms with Crippen molar-refractivity contribution in [2.45, 2.75) is 38.3 Å². The number of urea groups is 1. The van der Waals surface area contributed by atoms with Crippen LogP contribution in [0, 0.1) is 12.7 Å². The molecule has 0 aliphatic carbocycles. The van der Waals surface area contributed by atoms with Gasteiger partial charge >= 0.3 is 6.03 Å². The van der Waals surface area contributed by atoms with Gasteiger partial charge in [-0.2, -0.15) is 0 Å². The zero-order valence-electron chi connectivity index (χ0n) is 18.4. The van der Waals surface area contributed by atoms with Crippen LogP contribution in [0.15, 0.2) is 36.4 Å². The Hall–Kier alpha value is -3.20. The number of hydrogen-bond acceptors (Lipinski definition) is 5. The van der Waals surface area contributed by atoms with Gasteiger partial charge in [0.05, 0.1) is 10.7 Å². The molecule has 2 fully saturated rings. The molecule has 1 unspecified atom stereocenters. The van der Waals surface area contributed by atoms with E-state index in [-0.39, 0.29) is 29.8 Å². The number of halogens is 2. The highest BCUT2D eigenvalue weighted by molar-refractivity contribution is 6.30. The minimum absolute atomic E-state index is 0.0369. The maximum atomic E-state index is 13.9. The zero-order valence-corrected chi connectivity index (χ0v) is 19.2. The number of carbonyl (C=O) groups is 3. The Morgan fingerprint density at radius 1 is 1.27 bits per heavy atom. The average Bonchev–Trinajstić information content (AvgIpc) is 3.08. The number of rotatable bonds is 5. The lowest BCUT2D eigenvalue weighted by Crippen LogP contribution is -2.54. The van der Waals surface area contributed by atoms with Crippen LogP contribution in [0.2, 0.25) is 5.02 Å². The van der Waals surface area contributed by atoms with Gasteiger partial charge in [-0.1, -0.05) is 17.7 Å². The van der Waals surface area contributed by atoms with Gasteiger partial charge in [0, 0.05) is 43.5 Å². The fourth-order valence-corrected chi connectivity index (χ4v) is 4.56. The van der Waals surface area contributed by atoms with E-state index in [0.29, 0.717) is 36.7 Å². The molecule has 2 atom stereocenters. The summed E-state index contributed by atoms with van der Waals surface area (Å²) in [5.41, 5.74) is 0.441. The Kier molecular flexibility index (Phi) is 6.25. The maximum absolute atomic E-state index is 13.9. The zero-order chi connectivity index (χ0) is 23.8. The van der Waals surface area contributed by atoms with Gasteiger partial charge in [-0.3, -0.25) is 19.9 Å². The molecule has 8 nitrogen and oxygen atoms in total. The topological polar surface area (TPSA) is 94.6 Å². The van der Waals surface area contributed by atoms with Crippen LogP contribution in [0.5, 0.6) is 0 Å². The van der Waals surface area contributed by atoms with Gasteiger partial charge in [-0.05, 0) is 50.6 Å². The van der Waals surface area contributed by atoms with Crippen LogP contribution in [0.25, 0.3) is 0 Å². The maximum Gasteiger partial charge on any atom is 0.322 e. The molecule has 2 aromatic rings. The molecule has 0 saturated carbocycles. The van der Waals surface area contributed by atoms with Gasteiger partial charge in [-0.25, -0.2) is 9.18 Å². The number of aromatic nitrogens is 1. The summed E-state index contributed by atoms with van der Waals surface area (Å²) >= 11 is 5.79. The lowest BCUT2D eigenvalue weighted by Gasteiger charge is -2.41. The van der Waals surface area contributed by atoms with Gasteiger partial charge in [0.25, 0.3) is 5.91 Å². The number of anilines is 1. The minimum Gasteiger partial charge on any atom is -0.365 e. The number of pyridine rings is 1. The number of imide groups is 1. The fraction of sp³-hybridized carbons (Fsp3) is 0.391. The molecule has 2 N–H and O–H groups in total. The molecule has 4 amide bonds. The van der Waals surface area contributed by atoms with Gasteiger partial charge in [0.1, 0.15) is 5.82 Å². The molecular weight excluding hydrogens is 449 g/mol. The van der Waals surface area contributed by atoms with Crippen molar-refractivity contribution in [2.75, 3.05) is 24.5 Å². The third-order valence-electron chi connectivity index (χ3n) is 6.20. The van der Waals surface area contributed by atoms with E-state index in [1.54, 1.807) is 36.1 Å². The SMILES string of the molecule is Cc1cccc(C2(CCC(=O)N3CCN(c4ccc(Cl)c(F)c4)[C@@H](C)C3)NC(=O)NC2=O)n1. The molecule has 0 bridgehead atoms. The average molecular weight is 474 g/mol. The number of nitrogens with one attached hydrogen (secondary N) is 2. The summed E-state index contributed by atoms with van der Waals surface area (Å²) in [6.07, 6.45) is 0.155. The molecule has 0 spiro atoms. The van der Waals surface area contributed by atoms with E-state index in [0.717, 1.165) is 0 Å². The molecule has 1 aromatic carbocycles. The number of carbonyl (C=O) groups excluding carboxylic acids is 3. The summed E-state index contributed by atoms with van der Waals surface area (Å²) in [6.45, 7) is 5.22. The van der Waals surface area contributed by atoms with Crippen molar-refractivity contribution in [3.05, 3.63) is 58.6 Å². The summed E-state index contributed by atoms with van der Waals surface area (Å²) in [5.74, 6) is -1.11. The molecule has 2 aliphatic heterocycles. The first-order valence-corrected chi connectivity index (χ1v) is 11.1. The number of aryl methyl sites for hydroxylation is 1. The van der Waals surface area contributed by atoms with Crippen molar-refractivity contribution in [3.8, 4) is 0 Å². The summed E-state index contributed by atoms with van der Waals surface area (Å²) in [7, 11) is 0. The quantitative estimate of drug-likeness (QED) is 0.651. The lowest BCUT2D eigenvalue weighted by atomic mass is 9.88. The predicted octanol–water partition coefficient (Wildman–Crippen LogP) is 2.73. The van der Waals surface area contributed by atoms with E-state index in [2.05, 4.69) is 15.6 Å². The Morgan fingerprint density at radius 3 is 2.70 bits per heavy atom. The van der Waals surface area contributed by atoms with E-state index in [1.807, 2.05) is 11.8 Å². The van der Waals surface area contributed by atoms with E-state index in [1.165, 1.54) is 12.1 Å². The van der Waals surface area contributed by atoms with Crippen LogP contribution in [-0.4, -0.2) is 53.4 Å².